The normalized spacial score (nSPS) is 15.4. The van der Waals surface area contributed by atoms with Crippen LogP contribution in [-0.4, -0.2) is 26.6 Å². The summed E-state index contributed by atoms with van der Waals surface area (Å²) in [6.07, 6.45) is 2.02. The zero-order chi connectivity index (χ0) is 12.1. The molecule has 0 rings (SSSR count). The Bertz CT molecular complexity index is 169. The van der Waals surface area contributed by atoms with Crippen molar-refractivity contribution in [3.05, 3.63) is 0 Å². The minimum Gasteiger partial charge on any atom is -0.417 e. The van der Waals surface area contributed by atoms with E-state index in [1.54, 1.807) is 0 Å². The van der Waals surface area contributed by atoms with E-state index in [1.807, 2.05) is 0 Å². The lowest BCUT2D eigenvalue weighted by molar-refractivity contribution is 0.182. The lowest BCUT2D eigenvalue weighted by Gasteiger charge is -2.36. The third-order valence-electron chi connectivity index (χ3n) is 3.63. The van der Waals surface area contributed by atoms with Gasteiger partial charge in [0.25, 0.3) is 0 Å². The molecule has 0 bridgehead atoms. The first-order valence-corrected chi connectivity index (χ1v) is 8.90. The smallest absolute Gasteiger partial charge is 0.191 e. The van der Waals surface area contributed by atoms with Gasteiger partial charge in [-0.1, -0.05) is 34.1 Å². The van der Waals surface area contributed by atoms with Crippen LogP contribution >= 0.6 is 0 Å². The molecule has 15 heavy (non-hydrogen) atoms. The minimum absolute atomic E-state index is 0.286. The van der Waals surface area contributed by atoms with Crippen LogP contribution in [0.25, 0.3) is 0 Å². The first kappa shape index (κ1) is 15.1. The van der Waals surface area contributed by atoms with E-state index in [2.05, 4.69) is 40.8 Å². The molecule has 0 saturated heterocycles. The number of rotatable bonds is 6. The second kappa shape index (κ2) is 6.02. The highest BCUT2D eigenvalue weighted by molar-refractivity contribution is 6.74. The maximum atomic E-state index is 9.07. The third kappa shape index (κ3) is 5.14. The summed E-state index contributed by atoms with van der Waals surface area (Å²) in [5.74, 6) is 0.412. The van der Waals surface area contributed by atoms with Crippen LogP contribution < -0.4 is 0 Å². The molecule has 0 aromatic rings. The number of hydrogen-bond donors (Lipinski definition) is 1. The third-order valence-corrected chi connectivity index (χ3v) is 8.17. The predicted octanol–water partition coefficient (Wildman–Crippen LogP) is 3.42. The van der Waals surface area contributed by atoms with Gasteiger partial charge in [-0.05, 0) is 30.5 Å². The van der Waals surface area contributed by atoms with Gasteiger partial charge < -0.3 is 9.53 Å². The Kier molecular flexibility index (Phi) is 6.07. The summed E-state index contributed by atoms with van der Waals surface area (Å²) in [5.41, 5.74) is 0. The van der Waals surface area contributed by atoms with Gasteiger partial charge >= 0.3 is 0 Å². The molecule has 0 aliphatic rings. The average Bonchev–Trinajstić information content (AvgIpc) is 2.10. The summed E-state index contributed by atoms with van der Waals surface area (Å²) >= 11 is 0. The van der Waals surface area contributed by atoms with Crippen LogP contribution in [0.1, 0.15) is 40.5 Å². The summed E-state index contributed by atoms with van der Waals surface area (Å²) in [7, 11) is -1.58. The monoisotopic (exact) mass is 232 g/mol. The van der Waals surface area contributed by atoms with E-state index in [-0.39, 0.29) is 11.6 Å². The van der Waals surface area contributed by atoms with Gasteiger partial charge in [0, 0.05) is 13.2 Å². The largest absolute Gasteiger partial charge is 0.417 e. The quantitative estimate of drug-likeness (QED) is 0.711. The van der Waals surface area contributed by atoms with Crippen LogP contribution in [0, 0.1) is 5.92 Å². The van der Waals surface area contributed by atoms with Gasteiger partial charge in [-0.3, -0.25) is 0 Å². The molecular formula is C12H28O2Si. The van der Waals surface area contributed by atoms with E-state index in [4.69, 9.17) is 9.53 Å². The van der Waals surface area contributed by atoms with E-state index in [9.17, 15) is 0 Å². The van der Waals surface area contributed by atoms with E-state index in [0.29, 0.717) is 5.92 Å². The van der Waals surface area contributed by atoms with Crippen molar-refractivity contribution in [1.29, 1.82) is 0 Å². The molecule has 0 fully saturated rings. The SMILES string of the molecule is CCC(CO)CCO[Si](C)(C)C(C)(C)C. The van der Waals surface area contributed by atoms with Crippen molar-refractivity contribution >= 4 is 8.32 Å². The highest BCUT2D eigenvalue weighted by Gasteiger charge is 2.36. The molecule has 3 heteroatoms. The van der Waals surface area contributed by atoms with Crippen molar-refractivity contribution in [2.75, 3.05) is 13.2 Å². The minimum atomic E-state index is -1.58. The molecule has 0 radical (unpaired) electrons. The number of hydrogen-bond acceptors (Lipinski definition) is 2. The molecule has 0 aromatic heterocycles. The van der Waals surface area contributed by atoms with Gasteiger partial charge in [0.15, 0.2) is 8.32 Å². The fourth-order valence-corrected chi connectivity index (χ4v) is 2.18. The Balaban J connectivity index is 3.95. The van der Waals surface area contributed by atoms with Gasteiger partial charge in [0.05, 0.1) is 0 Å². The first-order valence-electron chi connectivity index (χ1n) is 5.99. The van der Waals surface area contributed by atoms with Gasteiger partial charge in [-0.25, -0.2) is 0 Å². The van der Waals surface area contributed by atoms with Crippen molar-refractivity contribution in [3.63, 3.8) is 0 Å². The van der Waals surface area contributed by atoms with Crippen molar-refractivity contribution in [1.82, 2.24) is 0 Å². The van der Waals surface area contributed by atoms with Crippen LogP contribution in [0.15, 0.2) is 0 Å². The summed E-state index contributed by atoms with van der Waals surface area (Å²) in [4.78, 5) is 0. The molecule has 1 unspecified atom stereocenters. The van der Waals surface area contributed by atoms with Crippen LogP contribution in [-0.2, 0) is 4.43 Å². The fraction of sp³-hybridized carbons (Fsp3) is 1.00. The van der Waals surface area contributed by atoms with E-state index < -0.39 is 8.32 Å². The molecule has 92 valence electrons. The number of aliphatic hydroxyl groups is 1. The molecule has 0 aromatic carbocycles. The Morgan fingerprint density at radius 2 is 1.80 bits per heavy atom. The Morgan fingerprint density at radius 1 is 1.27 bits per heavy atom. The molecule has 0 saturated carbocycles. The second-order valence-electron chi connectivity index (χ2n) is 5.85. The van der Waals surface area contributed by atoms with Crippen molar-refractivity contribution in [2.24, 2.45) is 5.92 Å². The Labute approximate surface area is 96.2 Å². The molecule has 2 nitrogen and oxygen atoms in total. The average molecular weight is 232 g/mol. The summed E-state index contributed by atoms with van der Waals surface area (Å²) in [6, 6.07) is 0. The van der Waals surface area contributed by atoms with Crippen LogP contribution in [0.5, 0.6) is 0 Å². The molecular weight excluding hydrogens is 204 g/mol. The fourth-order valence-electron chi connectivity index (χ4n) is 1.12. The second-order valence-corrected chi connectivity index (χ2v) is 10.7. The predicted molar refractivity (Wildman–Crippen MR) is 68.6 cm³/mol. The van der Waals surface area contributed by atoms with Gasteiger partial charge in [-0.15, -0.1) is 0 Å². The number of aliphatic hydroxyl groups excluding tert-OH is 1. The van der Waals surface area contributed by atoms with Crippen LogP contribution in [0.2, 0.25) is 18.1 Å². The first-order chi connectivity index (χ1) is 6.74. The molecule has 0 heterocycles. The van der Waals surface area contributed by atoms with E-state index in [0.717, 1.165) is 19.4 Å². The topological polar surface area (TPSA) is 29.5 Å². The van der Waals surface area contributed by atoms with Gasteiger partial charge in [-0.2, -0.15) is 0 Å². The maximum absolute atomic E-state index is 9.07. The standard InChI is InChI=1S/C12H28O2Si/c1-7-11(10-13)8-9-14-15(5,6)12(2,3)4/h11,13H,7-10H2,1-6H3. The van der Waals surface area contributed by atoms with E-state index >= 15 is 0 Å². The lowest BCUT2D eigenvalue weighted by atomic mass is 10.1. The summed E-state index contributed by atoms with van der Waals surface area (Å²) in [5, 5.41) is 9.36. The van der Waals surface area contributed by atoms with Gasteiger partial charge in [0.2, 0.25) is 0 Å². The molecule has 1 N–H and O–H groups in total. The highest BCUT2D eigenvalue weighted by atomic mass is 28.4. The molecule has 0 spiro atoms. The van der Waals surface area contributed by atoms with E-state index in [1.165, 1.54) is 0 Å². The van der Waals surface area contributed by atoms with Crippen molar-refractivity contribution in [3.8, 4) is 0 Å². The van der Waals surface area contributed by atoms with Crippen molar-refractivity contribution < 1.29 is 9.53 Å². The summed E-state index contributed by atoms with van der Waals surface area (Å²) in [6.45, 7) is 14.5. The lowest BCUT2D eigenvalue weighted by Crippen LogP contribution is -2.41. The van der Waals surface area contributed by atoms with Crippen LogP contribution in [0.4, 0.5) is 0 Å². The van der Waals surface area contributed by atoms with Gasteiger partial charge in [0.1, 0.15) is 0 Å². The summed E-state index contributed by atoms with van der Waals surface area (Å²) < 4.78 is 6.06. The molecule has 1 atom stereocenters. The highest BCUT2D eigenvalue weighted by Crippen LogP contribution is 2.36. The Hall–Kier alpha value is 0.137. The maximum Gasteiger partial charge on any atom is 0.191 e. The molecule has 0 aliphatic carbocycles. The molecule has 0 amide bonds. The van der Waals surface area contributed by atoms with Crippen LogP contribution in [0.3, 0.4) is 0 Å². The zero-order valence-corrected chi connectivity index (χ0v) is 12.3. The van der Waals surface area contributed by atoms with Crippen molar-refractivity contribution in [2.45, 2.75) is 58.7 Å². The Morgan fingerprint density at radius 3 is 2.13 bits per heavy atom. The molecule has 0 aliphatic heterocycles. The zero-order valence-electron chi connectivity index (χ0n) is 11.3.